The molecule has 0 aliphatic carbocycles. The Morgan fingerprint density at radius 3 is 1.89 bits per heavy atom. The van der Waals surface area contributed by atoms with E-state index in [1.54, 1.807) is 6.92 Å². The van der Waals surface area contributed by atoms with E-state index in [1.165, 1.54) is 0 Å². The molecular weight excluding hydrogens is 137 g/mol. The number of nitrogens with one attached hydrogen (secondary N) is 1. The second-order valence-corrected chi connectivity index (χ2v) is 0.831. The van der Waals surface area contributed by atoms with E-state index < -0.39 is 5.97 Å². The standard InChI is InChI=1S/C3H6O2.HNO2.Na.H/c1-2-3(4)5;2-1-3;;/h2H2,1H3,(H,4,5);1H;;. The van der Waals surface area contributed by atoms with Gasteiger partial charge in [-0.3, -0.25) is 14.9 Å². The van der Waals surface area contributed by atoms with Crippen molar-refractivity contribution < 1.29 is 15.2 Å². The average molecular weight is 145 g/mol. The molecule has 0 unspecified atom stereocenters. The van der Waals surface area contributed by atoms with E-state index in [4.69, 9.17) is 15.2 Å². The molecular formula is C3H8NNaO4. The number of aliphatic carboxylic acids is 1. The molecule has 0 saturated heterocycles. The van der Waals surface area contributed by atoms with Gasteiger partial charge in [-0.15, -0.1) is 0 Å². The molecule has 0 aromatic carbocycles. The van der Waals surface area contributed by atoms with Gasteiger partial charge in [0.15, 0.2) is 0 Å². The van der Waals surface area contributed by atoms with Crippen LogP contribution >= 0.6 is 0 Å². The van der Waals surface area contributed by atoms with Gasteiger partial charge < -0.3 is 5.11 Å². The van der Waals surface area contributed by atoms with Gasteiger partial charge in [0.05, 0.1) is 0 Å². The number of rotatable bonds is 1. The Hall–Kier alpha value is -0.130. The van der Waals surface area contributed by atoms with Crippen LogP contribution in [0, 0.1) is 10.1 Å². The van der Waals surface area contributed by atoms with Crippen molar-refractivity contribution in [3.8, 4) is 0 Å². The number of carboxylic acid groups (broad SMARTS) is 1. The summed E-state index contributed by atoms with van der Waals surface area (Å²) in [7, 11) is 0. The van der Waals surface area contributed by atoms with Crippen LogP contribution in [0.5, 0.6) is 0 Å². The van der Waals surface area contributed by atoms with E-state index in [9.17, 15) is 4.79 Å². The molecule has 0 amide bonds. The molecule has 6 heteroatoms. The maximum absolute atomic E-state index is 9.37. The number of carbonyl (C=O) groups is 1. The third-order valence-corrected chi connectivity index (χ3v) is 0.302. The molecule has 0 rings (SSSR count). The Bertz CT molecular complexity index is 76.2. The minimum atomic E-state index is -0.745. The summed E-state index contributed by atoms with van der Waals surface area (Å²) in [6.07, 6.45) is 0.222. The van der Waals surface area contributed by atoms with Crippen molar-refractivity contribution in [2.45, 2.75) is 13.3 Å². The fourth-order valence-corrected chi connectivity index (χ4v) is 0. The third kappa shape index (κ3) is 77.5. The van der Waals surface area contributed by atoms with Gasteiger partial charge in [0.2, 0.25) is 0 Å². The number of carboxylic acids is 1. The Balaban J connectivity index is -0.0000000800. The zero-order valence-electron chi connectivity index (χ0n) is 4.38. The van der Waals surface area contributed by atoms with E-state index in [0.717, 1.165) is 0 Å². The van der Waals surface area contributed by atoms with E-state index in [-0.39, 0.29) is 41.3 Å². The van der Waals surface area contributed by atoms with Crippen LogP contribution in [-0.2, 0) is 4.79 Å². The van der Waals surface area contributed by atoms with Crippen LogP contribution in [0.25, 0.3) is 0 Å². The van der Waals surface area contributed by atoms with Crippen LogP contribution in [0.4, 0.5) is 0 Å². The summed E-state index contributed by atoms with van der Waals surface area (Å²) in [5.41, 5.74) is 0. The fraction of sp³-hybridized carbons (Fsp3) is 0.667. The molecule has 0 aromatic rings. The van der Waals surface area contributed by atoms with Crippen molar-refractivity contribution in [3.63, 3.8) is 0 Å². The molecule has 0 saturated carbocycles. The second-order valence-electron chi connectivity index (χ2n) is 0.831. The third-order valence-electron chi connectivity index (χ3n) is 0.302. The predicted molar refractivity (Wildman–Crippen MR) is 32.8 cm³/mol. The van der Waals surface area contributed by atoms with Crippen molar-refractivity contribution in [2.75, 3.05) is 0 Å². The first-order valence-corrected chi connectivity index (χ1v) is 1.90. The predicted octanol–water partition coefficient (Wildman–Crippen LogP) is -1.84. The van der Waals surface area contributed by atoms with E-state index in [1.807, 2.05) is 0 Å². The maximum atomic E-state index is 9.37. The Morgan fingerprint density at radius 2 is 1.89 bits per heavy atom. The van der Waals surface area contributed by atoms with Crippen molar-refractivity contribution in [1.29, 1.82) is 0 Å². The average Bonchev–Trinajstić information content (AvgIpc) is 1.69. The molecule has 0 atom stereocenters. The molecule has 0 aliphatic heterocycles. The molecule has 5 nitrogen and oxygen atoms in total. The SMILES string of the molecule is CCC(=O)O.O=[NH+][O-].[NaH]. The van der Waals surface area contributed by atoms with Crippen LogP contribution in [0.2, 0.25) is 0 Å². The van der Waals surface area contributed by atoms with Crippen LogP contribution in [0.15, 0.2) is 0 Å². The Labute approximate surface area is 74.3 Å². The van der Waals surface area contributed by atoms with Crippen molar-refractivity contribution in [3.05, 3.63) is 10.1 Å². The first-order valence-electron chi connectivity index (χ1n) is 1.90. The van der Waals surface area contributed by atoms with Crippen molar-refractivity contribution in [1.82, 2.24) is 0 Å². The number of hydrogen-bond donors (Lipinski definition) is 2. The van der Waals surface area contributed by atoms with Crippen molar-refractivity contribution in [2.24, 2.45) is 0 Å². The van der Waals surface area contributed by atoms with Gasteiger partial charge in [-0.25, -0.2) is 0 Å². The fourth-order valence-electron chi connectivity index (χ4n) is 0. The zero-order valence-corrected chi connectivity index (χ0v) is 4.38. The molecule has 0 aliphatic rings. The van der Waals surface area contributed by atoms with Gasteiger partial charge in [-0.1, -0.05) is 6.92 Å². The van der Waals surface area contributed by atoms with Gasteiger partial charge in [-0.2, -0.15) is 0 Å². The minimum absolute atomic E-state index is 0. The summed E-state index contributed by atoms with van der Waals surface area (Å²) >= 11 is 0. The van der Waals surface area contributed by atoms with Gasteiger partial charge in [-0.05, 0) is 0 Å². The summed E-state index contributed by atoms with van der Waals surface area (Å²) < 4.78 is 0. The van der Waals surface area contributed by atoms with Crippen molar-refractivity contribution >= 4 is 35.5 Å². The molecule has 0 aromatic heterocycles. The first kappa shape index (κ1) is 15.9. The van der Waals surface area contributed by atoms with E-state index in [0.29, 0.717) is 0 Å². The van der Waals surface area contributed by atoms with Crippen LogP contribution in [0.3, 0.4) is 0 Å². The molecule has 0 fully saturated rings. The monoisotopic (exact) mass is 145 g/mol. The topological polar surface area (TPSA) is 91.4 Å². The van der Waals surface area contributed by atoms with Gasteiger partial charge in [0.1, 0.15) is 0 Å². The second kappa shape index (κ2) is 15.7. The molecule has 2 N–H and O–H groups in total. The summed E-state index contributed by atoms with van der Waals surface area (Å²) in [6.45, 7) is 1.60. The molecule has 0 bridgehead atoms. The van der Waals surface area contributed by atoms with Gasteiger partial charge >= 0.3 is 35.5 Å². The molecule has 50 valence electrons. The Morgan fingerprint density at radius 1 is 1.78 bits per heavy atom. The van der Waals surface area contributed by atoms with Gasteiger partial charge in [0.25, 0.3) is 0 Å². The van der Waals surface area contributed by atoms with Crippen LogP contribution in [-0.4, -0.2) is 40.6 Å². The van der Waals surface area contributed by atoms with E-state index in [2.05, 4.69) is 0 Å². The van der Waals surface area contributed by atoms with Gasteiger partial charge in [0, 0.05) is 11.8 Å². The zero-order chi connectivity index (χ0) is 6.99. The molecule has 9 heavy (non-hydrogen) atoms. The quantitative estimate of drug-likeness (QED) is 0.258. The van der Waals surface area contributed by atoms with Crippen LogP contribution in [0.1, 0.15) is 13.3 Å². The van der Waals surface area contributed by atoms with E-state index >= 15 is 0 Å². The molecule has 0 spiro atoms. The Kier molecular flexibility index (Phi) is 27.7. The van der Waals surface area contributed by atoms with Crippen LogP contribution < -0.4 is 5.34 Å². The normalized spacial score (nSPS) is 5.44. The summed E-state index contributed by atoms with van der Waals surface area (Å²) in [5, 5.41) is 16.1. The number of hydrogen-bond acceptors (Lipinski definition) is 3. The molecule has 0 heterocycles. The summed E-state index contributed by atoms with van der Waals surface area (Å²) in [6, 6.07) is 0. The summed E-state index contributed by atoms with van der Waals surface area (Å²) in [5.74, 6) is -0.745. The molecule has 0 radical (unpaired) electrons. The summed E-state index contributed by atoms with van der Waals surface area (Å²) in [4.78, 5) is 17.5. The first-order chi connectivity index (χ1) is 3.68.